The van der Waals surface area contributed by atoms with Gasteiger partial charge >= 0.3 is 0 Å². The molecule has 0 aromatic carbocycles. The molecule has 0 aliphatic carbocycles. The quantitative estimate of drug-likeness (QED) is 0.789. The minimum Gasteiger partial charge on any atom is -0.354 e. The largest absolute Gasteiger partial charge is 0.354 e. The topological polar surface area (TPSA) is 16.1 Å². The lowest BCUT2D eigenvalue weighted by atomic mass is 9.93. The number of rotatable bonds is 3. The molecule has 1 heterocycles. The van der Waals surface area contributed by atoms with E-state index in [0.717, 1.165) is 16.2 Å². The van der Waals surface area contributed by atoms with E-state index in [2.05, 4.69) is 46.6 Å². The predicted octanol–water partition coefficient (Wildman–Crippen LogP) is 3.19. The van der Waals surface area contributed by atoms with E-state index in [1.165, 1.54) is 4.88 Å². The number of anilines is 1. The molecule has 0 fully saturated rings. The highest BCUT2D eigenvalue weighted by Crippen LogP contribution is 2.35. The van der Waals surface area contributed by atoms with Crippen molar-refractivity contribution in [3.63, 3.8) is 0 Å². The van der Waals surface area contributed by atoms with Gasteiger partial charge in [0.15, 0.2) is 5.13 Å². The molecular weight excluding hydrogens is 260 g/mol. The molecule has 0 unspecified atom stereocenters. The van der Waals surface area contributed by atoms with Gasteiger partial charge in [-0.1, -0.05) is 29.8 Å². The second-order valence-corrected chi connectivity index (χ2v) is 5.86. The van der Waals surface area contributed by atoms with Crippen molar-refractivity contribution in [2.75, 3.05) is 24.3 Å². The van der Waals surface area contributed by atoms with E-state index in [0.29, 0.717) is 0 Å². The minimum absolute atomic E-state index is 0.177. The third-order valence-electron chi connectivity index (χ3n) is 2.12. The lowest BCUT2D eigenvalue weighted by molar-refractivity contribution is 0.614. The van der Waals surface area contributed by atoms with Crippen LogP contribution < -0.4 is 4.90 Å². The number of aryl methyl sites for hydroxylation is 1. The second kappa shape index (κ2) is 4.19. The van der Waals surface area contributed by atoms with E-state index in [4.69, 9.17) is 0 Å². The number of nitrogens with zero attached hydrogens (tertiary/aromatic N) is 2. The first-order chi connectivity index (χ1) is 6.38. The Hall–Kier alpha value is -0.0900. The third-order valence-corrected chi connectivity index (χ3v) is 5.21. The standard InChI is InChI=1S/C10H17BrN2S/c1-7-8(10(2,3)6-11)14-9(12-7)13(4)5/h6H2,1-5H3. The summed E-state index contributed by atoms with van der Waals surface area (Å²) in [4.78, 5) is 7.98. The van der Waals surface area contributed by atoms with Gasteiger partial charge in [-0.25, -0.2) is 4.98 Å². The van der Waals surface area contributed by atoms with Crippen LogP contribution in [0.5, 0.6) is 0 Å². The van der Waals surface area contributed by atoms with Crippen molar-refractivity contribution in [1.29, 1.82) is 0 Å². The molecule has 1 rings (SSSR count). The Bertz CT molecular complexity index is 318. The monoisotopic (exact) mass is 276 g/mol. The van der Waals surface area contributed by atoms with Gasteiger partial charge in [-0.05, 0) is 6.92 Å². The normalized spacial score (nSPS) is 11.9. The van der Waals surface area contributed by atoms with Crippen LogP contribution in [0.1, 0.15) is 24.4 Å². The molecule has 0 spiro atoms. The molecule has 0 atom stereocenters. The minimum atomic E-state index is 0.177. The van der Waals surface area contributed by atoms with Crippen LogP contribution in [0.15, 0.2) is 0 Å². The molecule has 80 valence electrons. The maximum atomic E-state index is 4.55. The van der Waals surface area contributed by atoms with Crippen molar-refractivity contribution in [3.05, 3.63) is 10.6 Å². The molecule has 1 aromatic heterocycles. The highest BCUT2D eigenvalue weighted by molar-refractivity contribution is 9.09. The first-order valence-corrected chi connectivity index (χ1v) is 6.53. The fourth-order valence-electron chi connectivity index (χ4n) is 1.26. The second-order valence-electron chi connectivity index (χ2n) is 4.32. The first-order valence-electron chi connectivity index (χ1n) is 4.59. The highest BCUT2D eigenvalue weighted by atomic mass is 79.9. The third kappa shape index (κ3) is 2.28. The molecular formula is C10H17BrN2S. The molecule has 0 aliphatic heterocycles. The summed E-state index contributed by atoms with van der Waals surface area (Å²) in [5, 5.41) is 2.06. The van der Waals surface area contributed by atoms with Gasteiger partial charge in [0.05, 0.1) is 5.69 Å². The molecule has 4 heteroatoms. The molecule has 0 saturated heterocycles. The fourth-order valence-corrected chi connectivity index (χ4v) is 2.82. The average molecular weight is 277 g/mol. The molecule has 14 heavy (non-hydrogen) atoms. The fraction of sp³-hybridized carbons (Fsp3) is 0.700. The van der Waals surface area contributed by atoms with Gasteiger partial charge in [0, 0.05) is 29.7 Å². The Kier molecular flexibility index (Phi) is 3.58. The van der Waals surface area contributed by atoms with Crippen LogP contribution in [0.2, 0.25) is 0 Å². The van der Waals surface area contributed by atoms with Gasteiger partial charge in [0.25, 0.3) is 0 Å². The van der Waals surface area contributed by atoms with Crippen LogP contribution in [0.25, 0.3) is 0 Å². The Balaban J connectivity index is 3.10. The van der Waals surface area contributed by atoms with Crippen molar-refractivity contribution in [3.8, 4) is 0 Å². The Morgan fingerprint density at radius 2 is 2.00 bits per heavy atom. The van der Waals surface area contributed by atoms with E-state index in [-0.39, 0.29) is 5.41 Å². The number of alkyl halides is 1. The van der Waals surface area contributed by atoms with Gasteiger partial charge in [-0.3, -0.25) is 0 Å². The number of thiazole rings is 1. The van der Waals surface area contributed by atoms with Gasteiger partial charge in [0.2, 0.25) is 0 Å². The number of halogens is 1. The van der Waals surface area contributed by atoms with Crippen LogP contribution in [-0.2, 0) is 5.41 Å². The molecule has 1 aromatic rings. The number of hydrogen-bond donors (Lipinski definition) is 0. The molecule has 0 aliphatic rings. The van der Waals surface area contributed by atoms with Crippen LogP contribution >= 0.6 is 27.3 Å². The van der Waals surface area contributed by atoms with Crippen molar-refractivity contribution in [1.82, 2.24) is 4.98 Å². The van der Waals surface area contributed by atoms with Gasteiger partial charge in [-0.15, -0.1) is 11.3 Å². The zero-order valence-corrected chi connectivity index (χ0v) is 11.8. The summed E-state index contributed by atoms with van der Waals surface area (Å²) in [6, 6.07) is 0. The molecule has 2 nitrogen and oxygen atoms in total. The van der Waals surface area contributed by atoms with Crippen LogP contribution in [0.4, 0.5) is 5.13 Å². The zero-order chi connectivity index (χ0) is 10.9. The lowest BCUT2D eigenvalue weighted by Gasteiger charge is -2.20. The summed E-state index contributed by atoms with van der Waals surface area (Å²) in [6.07, 6.45) is 0. The highest BCUT2D eigenvalue weighted by Gasteiger charge is 2.25. The molecule has 0 amide bonds. The van der Waals surface area contributed by atoms with Crippen LogP contribution in [0, 0.1) is 6.92 Å². The summed E-state index contributed by atoms with van der Waals surface area (Å²) < 4.78 is 0. The van der Waals surface area contributed by atoms with Gasteiger partial charge < -0.3 is 4.90 Å². The zero-order valence-electron chi connectivity index (χ0n) is 9.39. The maximum Gasteiger partial charge on any atom is 0.185 e. The van der Waals surface area contributed by atoms with E-state index in [9.17, 15) is 0 Å². The Morgan fingerprint density at radius 1 is 1.43 bits per heavy atom. The van der Waals surface area contributed by atoms with E-state index >= 15 is 0 Å². The van der Waals surface area contributed by atoms with Crippen LogP contribution in [0.3, 0.4) is 0 Å². The van der Waals surface area contributed by atoms with Crippen molar-refractivity contribution in [2.45, 2.75) is 26.2 Å². The SMILES string of the molecule is Cc1nc(N(C)C)sc1C(C)(C)CBr. The number of aromatic nitrogens is 1. The van der Waals surface area contributed by atoms with Gasteiger partial charge in [-0.2, -0.15) is 0 Å². The van der Waals surface area contributed by atoms with E-state index in [1.54, 1.807) is 11.3 Å². The smallest absolute Gasteiger partial charge is 0.185 e. The molecule has 0 saturated carbocycles. The van der Waals surface area contributed by atoms with Crippen molar-refractivity contribution >= 4 is 32.4 Å². The summed E-state index contributed by atoms with van der Waals surface area (Å²) in [6.45, 7) is 6.56. The molecule has 0 N–H and O–H groups in total. The lowest BCUT2D eigenvalue weighted by Crippen LogP contribution is -2.18. The van der Waals surface area contributed by atoms with Crippen LogP contribution in [-0.4, -0.2) is 24.4 Å². The van der Waals surface area contributed by atoms with Crippen molar-refractivity contribution in [2.24, 2.45) is 0 Å². The van der Waals surface area contributed by atoms with Gasteiger partial charge in [0.1, 0.15) is 0 Å². The summed E-state index contributed by atoms with van der Waals surface area (Å²) in [7, 11) is 4.06. The average Bonchev–Trinajstić information content (AvgIpc) is 2.48. The van der Waals surface area contributed by atoms with Crippen molar-refractivity contribution < 1.29 is 0 Å². The number of hydrogen-bond acceptors (Lipinski definition) is 3. The first kappa shape index (κ1) is 12.0. The Morgan fingerprint density at radius 3 is 2.36 bits per heavy atom. The molecule has 0 radical (unpaired) electrons. The summed E-state index contributed by atoms with van der Waals surface area (Å²) >= 11 is 5.34. The van der Waals surface area contributed by atoms with E-state index < -0.39 is 0 Å². The predicted molar refractivity (Wildman–Crippen MR) is 68.0 cm³/mol. The maximum absolute atomic E-state index is 4.55. The molecule has 0 bridgehead atoms. The van der Waals surface area contributed by atoms with E-state index in [1.807, 2.05) is 14.1 Å². The summed E-state index contributed by atoms with van der Waals surface area (Å²) in [5.41, 5.74) is 1.33. The Labute approximate surface area is 98.5 Å². The summed E-state index contributed by atoms with van der Waals surface area (Å²) in [5.74, 6) is 0.